The first-order valence-corrected chi connectivity index (χ1v) is 8.53. The molecular weight excluding hydrogens is 300 g/mol. The molecule has 1 saturated carbocycles. The van der Waals surface area contributed by atoms with Crippen LogP contribution in [0.5, 0.6) is 0 Å². The molecule has 0 aromatic rings. The summed E-state index contributed by atoms with van der Waals surface area (Å²) in [6.45, 7) is 5.19. The molecule has 20 heavy (non-hydrogen) atoms. The van der Waals surface area contributed by atoms with E-state index in [1.807, 2.05) is 0 Å². The van der Waals surface area contributed by atoms with E-state index < -0.39 is 14.6 Å². The number of hydrogen-bond donors (Lipinski definition) is 2. The minimum atomic E-state index is -3.17. The van der Waals surface area contributed by atoms with E-state index >= 15 is 0 Å². The summed E-state index contributed by atoms with van der Waals surface area (Å²) in [6, 6.07) is 0.115. The number of sulfone groups is 1. The lowest BCUT2D eigenvalue weighted by Gasteiger charge is -2.19. The molecular formula is C13H27ClN2O3S. The third-order valence-electron chi connectivity index (χ3n) is 3.79. The standard InChI is InChI=1S/C13H26N2O3S.ClH/c1-13(2,3)19(17,18)8-7-15-12(16)9-10-5-4-6-11(10)14;/h10-11H,4-9,14H2,1-3H3,(H,15,16);1H/t10-,11+;/m0./s1. The van der Waals surface area contributed by atoms with Crippen molar-refractivity contribution >= 4 is 28.2 Å². The molecule has 5 nitrogen and oxygen atoms in total. The van der Waals surface area contributed by atoms with Crippen LogP contribution in [-0.4, -0.2) is 37.4 Å². The molecule has 1 amide bonds. The second kappa shape index (κ2) is 7.61. The zero-order valence-electron chi connectivity index (χ0n) is 12.5. The Bertz CT molecular complexity index is 418. The molecule has 0 unspecified atom stereocenters. The fraction of sp³-hybridized carbons (Fsp3) is 0.923. The number of rotatable bonds is 5. The van der Waals surface area contributed by atoms with Gasteiger partial charge in [0.25, 0.3) is 0 Å². The first-order chi connectivity index (χ1) is 8.63. The summed E-state index contributed by atoms with van der Waals surface area (Å²) >= 11 is 0. The molecule has 2 atom stereocenters. The highest BCUT2D eigenvalue weighted by Crippen LogP contribution is 2.26. The largest absolute Gasteiger partial charge is 0.355 e. The summed E-state index contributed by atoms with van der Waals surface area (Å²) in [7, 11) is -3.17. The van der Waals surface area contributed by atoms with Gasteiger partial charge in [-0.3, -0.25) is 4.79 Å². The van der Waals surface area contributed by atoms with E-state index in [0.717, 1.165) is 19.3 Å². The van der Waals surface area contributed by atoms with Crippen LogP contribution in [-0.2, 0) is 14.6 Å². The Morgan fingerprint density at radius 3 is 2.35 bits per heavy atom. The summed E-state index contributed by atoms with van der Waals surface area (Å²) in [6.07, 6.45) is 3.47. The van der Waals surface area contributed by atoms with E-state index in [0.29, 0.717) is 6.42 Å². The molecule has 1 fully saturated rings. The van der Waals surface area contributed by atoms with Gasteiger partial charge in [-0.15, -0.1) is 12.4 Å². The second-order valence-corrected chi connectivity index (χ2v) is 9.20. The molecule has 0 heterocycles. The number of hydrogen-bond acceptors (Lipinski definition) is 4. The molecule has 1 rings (SSSR count). The zero-order chi connectivity index (χ0) is 14.7. The van der Waals surface area contributed by atoms with Crippen molar-refractivity contribution in [2.75, 3.05) is 12.3 Å². The molecule has 0 aromatic heterocycles. The van der Waals surface area contributed by atoms with Crippen LogP contribution in [0.15, 0.2) is 0 Å². The van der Waals surface area contributed by atoms with Gasteiger partial charge >= 0.3 is 0 Å². The van der Waals surface area contributed by atoms with E-state index in [2.05, 4.69) is 5.32 Å². The summed E-state index contributed by atoms with van der Waals surface area (Å²) in [5.41, 5.74) is 5.91. The average molecular weight is 327 g/mol. The molecule has 0 aliphatic heterocycles. The normalized spacial score (nSPS) is 23.2. The molecule has 1 aliphatic carbocycles. The molecule has 0 saturated heterocycles. The third kappa shape index (κ3) is 5.58. The lowest BCUT2D eigenvalue weighted by Crippen LogP contribution is -2.37. The van der Waals surface area contributed by atoms with Gasteiger partial charge in [0.15, 0.2) is 9.84 Å². The van der Waals surface area contributed by atoms with Gasteiger partial charge < -0.3 is 11.1 Å². The number of carbonyl (C=O) groups is 1. The highest BCUT2D eigenvalue weighted by Gasteiger charge is 2.29. The number of nitrogens with one attached hydrogen (secondary N) is 1. The number of nitrogens with two attached hydrogens (primary N) is 1. The Kier molecular flexibility index (Phi) is 7.49. The van der Waals surface area contributed by atoms with Crippen molar-refractivity contribution in [3.05, 3.63) is 0 Å². The Hall–Kier alpha value is -0.330. The first kappa shape index (κ1) is 19.7. The van der Waals surface area contributed by atoms with Gasteiger partial charge in [-0.25, -0.2) is 8.42 Å². The van der Waals surface area contributed by atoms with Crippen molar-refractivity contribution in [1.29, 1.82) is 0 Å². The summed E-state index contributed by atoms with van der Waals surface area (Å²) in [4.78, 5) is 11.7. The van der Waals surface area contributed by atoms with E-state index in [-0.39, 0.29) is 42.6 Å². The van der Waals surface area contributed by atoms with Crippen molar-refractivity contribution in [3.8, 4) is 0 Å². The number of carbonyl (C=O) groups excluding carboxylic acids is 1. The average Bonchev–Trinajstić information content (AvgIpc) is 2.62. The molecule has 0 radical (unpaired) electrons. The molecule has 1 aliphatic rings. The van der Waals surface area contributed by atoms with Crippen LogP contribution in [0.1, 0.15) is 46.5 Å². The van der Waals surface area contributed by atoms with Crippen molar-refractivity contribution in [2.45, 2.75) is 57.2 Å². The van der Waals surface area contributed by atoms with Crippen LogP contribution in [0.2, 0.25) is 0 Å². The lowest BCUT2D eigenvalue weighted by molar-refractivity contribution is -0.121. The third-order valence-corrected chi connectivity index (χ3v) is 6.40. The smallest absolute Gasteiger partial charge is 0.220 e. The molecule has 120 valence electrons. The molecule has 0 aromatic carbocycles. The van der Waals surface area contributed by atoms with E-state index in [4.69, 9.17) is 5.73 Å². The summed E-state index contributed by atoms with van der Waals surface area (Å²) in [5, 5.41) is 2.68. The van der Waals surface area contributed by atoms with Gasteiger partial charge in [0.05, 0.1) is 10.5 Å². The van der Waals surface area contributed by atoms with Crippen LogP contribution in [0.3, 0.4) is 0 Å². The van der Waals surface area contributed by atoms with Gasteiger partial charge in [0, 0.05) is 19.0 Å². The van der Waals surface area contributed by atoms with Crippen LogP contribution < -0.4 is 11.1 Å². The summed E-state index contributed by atoms with van der Waals surface area (Å²) in [5.74, 6) is 0.143. The van der Waals surface area contributed by atoms with Crippen molar-refractivity contribution in [2.24, 2.45) is 11.7 Å². The Balaban J connectivity index is 0.00000361. The van der Waals surface area contributed by atoms with E-state index in [9.17, 15) is 13.2 Å². The maximum atomic E-state index is 11.9. The predicted octanol–water partition coefficient (Wildman–Crippen LogP) is 1.26. The summed E-state index contributed by atoms with van der Waals surface area (Å²) < 4.78 is 22.9. The van der Waals surface area contributed by atoms with Crippen molar-refractivity contribution < 1.29 is 13.2 Å². The highest BCUT2D eigenvalue weighted by molar-refractivity contribution is 7.92. The minimum Gasteiger partial charge on any atom is -0.355 e. The van der Waals surface area contributed by atoms with Crippen LogP contribution in [0.25, 0.3) is 0 Å². The monoisotopic (exact) mass is 326 g/mol. The van der Waals surface area contributed by atoms with Crippen molar-refractivity contribution in [1.82, 2.24) is 5.32 Å². The van der Waals surface area contributed by atoms with Crippen LogP contribution in [0.4, 0.5) is 0 Å². The fourth-order valence-electron chi connectivity index (χ4n) is 2.26. The fourth-order valence-corrected chi connectivity index (χ4v) is 3.24. The maximum Gasteiger partial charge on any atom is 0.220 e. The molecule has 0 bridgehead atoms. The van der Waals surface area contributed by atoms with Gasteiger partial charge in [-0.1, -0.05) is 6.42 Å². The lowest BCUT2D eigenvalue weighted by atomic mass is 10.00. The molecule has 7 heteroatoms. The van der Waals surface area contributed by atoms with Crippen LogP contribution in [0, 0.1) is 5.92 Å². The number of halogens is 1. The van der Waals surface area contributed by atoms with Gasteiger partial charge in [0.1, 0.15) is 0 Å². The van der Waals surface area contributed by atoms with Gasteiger partial charge in [-0.05, 0) is 39.5 Å². The quantitative estimate of drug-likeness (QED) is 0.795. The topological polar surface area (TPSA) is 89.3 Å². The Morgan fingerprint density at radius 2 is 1.90 bits per heavy atom. The molecule has 3 N–H and O–H groups in total. The van der Waals surface area contributed by atoms with Gasteiger partial charge in [0.2, 0.25) is 5.91 Å². The second-order valence-electron chi connectivity index (χ2n) is 6.34. The van der Waals surface area contributed by atoms with E-state index in [1.54, 1.807) is 20.8 Å². The maximum absolute atomic E-state index is 11.9. The predicted molar refractivity (Wildman–Crippen MR) is 83.7 cm³/mol. The van der Waals surface area contributed by atoms with Crippen LogP contribution >= 0.6 is 12.4 Å². The SMILES string of the molecule is CC(C)(C)S(=O)(=O)CCNC(=O)C[C@@H]1CCC[C@H]1N.Cl. The first-order valence-electron chi connectivity index (χ1n) is 6.88. The van der Waals surface area contributed by atoms with E-state index in [1.165, 1.54) is 0 Å². The highest BCUT2D eigenvalue weighted by atomic mass is 35.5. The Labute approximate surface area is 128 Å². The molecule has 0 spiro atoms. The van der Waals surface area contributed by atoms with Gasteiger partial charge in [-0.2, -0.15) is 0 Å². The zero-order valence-corrected chi connectivity index (χ0v) is 14.1. The minimum absolute atomic E-state index is 0. The number of amides is 1. The van der Waals surface area contributed by atoms with Crippen molar-refractivity contribution in [3.63, 3.8) is 0 Å². The Morgan fingerprint density at radius 1 is 1.30 bits per heavy atom.